The minimum Gasteiger partial charge on any atom is -0.493 e. The largest absolute Gasteiger partial charge is 0.493 e. The van der Waals surface area contributed by atoms with Gasteiger partial charge < -0.3 is 19.2 Å². The van der Waals surface area contributed by atoms with Gasteiger partial charge in [0.15, 0.2) is 11.5 Å². The fraction of sp³-hybridized carbons (Fsp3) is 0.0833. The number of pyridine rings is 1. The number of hydrogen-bond acceptors (Lipinski definition) is 4. The predicted octanol–water partition coefficient (Wildman–Crippen LogP) is 4.42. The van der Waals surface area contributed by atoms with Crippen LogP contribution in [0, 0.1) is 0 Å². The Bertz CT molecular complexity index is 1260. The molecule has 5 rings (SSSR count). The van der Waals surface area contributed by atoms with Crippen LogP contribution in [0.15, 0.2) is 78.6 Å². The Hall–Kier alpha value is -4.06. The van der Waals surface area contributed by atoms with Crippen LogP contribution in [-0.4, -0.2) is 29.0 Å². The molecule has 1 amide bonds. The molecule has 1 N–H and O–H groups in total. The number of carbonyl (C=O) groups excluding carboxylic acids is 1. The van der Waals surface area contributed by atoms with E-state index in [1.54, 1.807) is 7.11 Å². The molecule has 0 aliphatic carbocycles. The maximum Gasteiger partial charge on any atom is 0.255 e. The van der Waals surface area contributed by atoms with Gasteiger partial charge in [0, 0.05) is 29.2 Å². The molecule has 1 aliphatic rings. The van der Waals surface area contributed by atoms with Crippen LogP contribution in [0.4, 0.5) is 5.69 Å². The van der Waals surface area contributed by atoms with Gasteiger partial charge in [0.1, 0.15) is 12.3 Å². The van der Waals surface area contributed by atoms with Crippen molar-refractivity contribution in [3.8, 4) is 22.8 Å². The summed E-state index contributed by atoms with van der Waals surface area (Å²) in [6.45, 7) is 0.186. The zero-order valence-electron chi connectivity index (χ0n) is 16.3. The van der Waals surface area contributed by atoms with Gasteiger partial charge in [-0.25, -0.2) is 4.98 Å². The van der Waals surface area contributed by atoms with E-state index < -0.39 is 0 Å². The van der Waals surface area contributed by atoms with Crippen molar-refractivity contribution in [1.82, 2.24) is 9.38 Å². The number of para-hydroxylation sites is 1. The van der Waals surface area contributed by atoms with E-state index in [1.165, 1.54) is 0 Å². The lowest BCUT2D eigenvalue weighted by Crippen LogP contribution is -2.21. The standard InChI is InChI=1S/C24H19N3O3/c1-29-21-9-5-7-17-12-18(15-30-23(17)21)24(28)25-19-8-4-6-16(13-19)20-14-27-11-3-2-10-22(27)26-20/h2-14H,15H2,1H3,(H,25,28). The van der Waals surface area contributed by atoms with E-state index in [9.17, 15) is 4.79 Å². The molecule has 2 aromatic heterocycles. The van der Waals surface area contributed by atoms with Gasteiger partial charge in [-0.1, -0.05) is 30.3 Å². The van der Waals surface area contributed by atoms with Crippen LogP contribution in [0.3, 0.4) is 0 Å². The zero-order chi connectivity index (χ0) is 20.5. The van der Waals surface area contributed by atoms with Gasteiger partial charge in [0.2, 0.25) is 0 Å². The van der Waals surface area contributed by atoms with Gasteiger partial charge in [-0.3, -0.25) is 4.79 Å². The van der Waals surface area contributed by atoms with E-state index in [4.69, 9.17) is 9.47 Å². The van der Waals surface area contributed by atoms with Crippen LogP contribution in [0.1, 0.15) is 5.56 Å². The molecule has 0 unspecified atom stereocenters. The summed E-state index contributed by atoms with van der Waals surface area (Å²) in [5, 5.41) is 2.96. The smallest absolute Gasteiger partial charge is 0.255 e. The Morgan fingerprint density at radius 3 is 2.90 bits per heavy atom. The molecule has 6 heteroatoms. The van der Waals surface area contributed by atoms with Gasteiger partial charge in [0.05, 0.1) is 18.4 Å². The van der Waals surface area contributed by atoms with Gasteiger partial charge in [0.25, 0.3) is 5.91 Å². The summed E-state index contributed by atoms with van der Waals surface area (Å²) < 4.78 is 13.1. The lowest BCUT2D eigenvalue weighted by molar-refractivity contribution is -0.113. The van der Waals surface area contributed by atoms with Crippen molar-refractivity contribution >= 4 is 23.3 Å². The predicted molar refractivity (Wildman–Crippen MR) is 116 cm³/mol. The zero-order valence-corrected chi connectivity index (χ0v) is 16.3. The molecule has 148 valence electrons. The first-order chi connectivity index (χ1) is 14.7. The monoisotopic (exact) mass is 397 g/mol. The maximum atomic E-state index is 12.8. The second-order valence-corrected chi connectivity index (χ2v) is 6.96. The summed E-state index contributed by atoms with van der Waals surface area (Å²) in [6.07, 6.45) is 5.76. The molecular formula is C24H19N3O3. The van der Waals surface area contributed by atoms with Gasteiger partial charge in [-0.15, -0.1) is 0 Å². The molecule has 30 heavy (non-hydrogen) atoms. The lowest BCUT2D eigenvalue weighted by Gasteiger charge is -2.19. The van der Waals surface area contributed by atoms with Crippen LogP contribution in [0.5, 0.6) is 11.5 Å². The number of aromatic nitrogens is 2. The van der Waals surface area contributed by atoms with Crippen LogP contribution >= 0.6 is 0 Å². The van der Waals surface area contributed by atoms with Crippen molar-refractivity contribution in [3.63, 3.8) is 0 Å². The Morgan fingerprint density at radius 1 is 1.13 bits per heavy atom. The van der Waals surface area contributed by atoms with E-state index in [0.717, 1.165) is 22.5 Å². The third-order valence-electron chi connectivity index (χ3n) is 5.00. The highest BCUT2D eigenvalue weighted by atomic mass is 16.5. The fourth-order valence-corrected chi connectivity index (χ4v) is 3.51. The Kier molecular flexibility index (Phi) is 4.44. The molecule has 0 spiro atoms. The highest BCUT2D eigenvalue weighted by Gasteiger charge is 2.20. The molecule has 1 aliphatic heterocycles. The molecular weight excluding hydrogens is 378 g/mol. The number of methoxy groups -OCH3 is 1. The highest BCUT2D eigenvalue weighted by molar-refractivity contribution is 6.07. The van der Waals surface area contributed by atoms with Crippen molar-refractivity contribution < 1.29 is 14.3 Å². The molecule has 0 fully saturated rings. The average molecular weight is 397 g/mol. The third kappa shape index (κ3) is 3.28. The van der Waals surface area contributed by atoms with Crippen LogP contribution in [0.2, 0.25) is 0 Å². The third-order valence-corrected chi connectivity index (χ3v) is 5.00. The normalized spacial score (nSPS) is 12.6. The number of amides is 1. The number of fused-ring (bicyclic) bond motifs is 2. The van der Waals surface area contributed by atoms with Crippen LogP contribution in [0.25, 0.3) is 23.0 Å². The minimum atomic E-state index is -0.198. The van der Waals surface area contributed by atoms with E-state index in [1.807, 2.05) is 83.5 Å². The van der Waals surface area contributed by atoms with Gasteiger partial charge in [-0.05, 0) is 36.4 Å². The number of benzene rings is 2. The number of rotatable bonds is 4. The number of ether oxygens (including phenoxy) is 2. The molecule has 6 nitrogen and oxygen atoms in total. The SMILES string of the molecule is COc1cccc2c1OCC(C(=O)Nc1cccc(-c3cn4ccccc4n3)c1)=C2. The summed E-state index contributed by atoms with van der Waals surface area (Å²) in [5.41, 5.74) is 4.73. The van der Waals surface area contributed by atoms with Gasteiger partial charge >= 0.3 is 0 Å². The van der Waals surface area contributed by atoms with Crippen molar-refractivity contribution in [1.29, 1.82) is 0 Å². The topological polar surface area (TPSA) is 64.9 Å². The first-order valence-electron chi connectivity index (χ1n) is 9.57. The maximum absolute atomic E-state index is 12.8. The number of imidazole rings is 1. The number of nitrogens with zero attached hydrogens (tertiary/aromatic N) is 2. The minimum absolute atomic E-state index is 0.186. The Balaban J connectivity index is 1.39. The Labute approximate surface area is 173 Å². The van der Waals surface area contributed by atoms with Crippen molar-refractivity contribution in [3.05, 3.63) is 84.2 Å². The summed E-state index contributed by atoms with van der Waals surface area (Å²) in [7, 11) is 1.60. The molecule has 0 radical (unpaired) electrons. The number of nitrogens with one attached hydrogen (secondary N) is 1. The van der Waals surface area contributed by atoms with Crippen molar-refractivity contribution in [2.24, 2.45) is 0 Å². The molecule has 3 heterocycles. The number of anilines is 1. The molecule has 2 aromatic carbocycles. The van der Waals surface area contributed by atoms with E-state index in [-0.39, 0.29) is 12.5 Å². The average Bonchev–Trinajstić information content (AvgIpc) is 3.23. The van der Waals surface area contributed by atoms with E-state index >= 15 is 0 Å². The number of carbonyl (C=O) groups is 1. The van der Waals surface area contributed by atoms with Crippen molar-refractivity contribution in [2.75, 3.05) is 19.0 Å². The van der Waals surface area contributed by atoms with Crippen LogP contribution < -0.4 is 14.8 Å². The summed E-state index contributed by atoms with van der Waals surface area (Å²) in [5.74, 6) is 1.12. The van der Waals surface area contributed by atoms with E-state index in [0.29, 0.717) is 22.8 Å². The quantitative estimate of drug-likeness (QED) is 0.554. The molecule has 0 saturated heterocycles. The summed E-state index contributed by atoms with van der Waals surface area (Å²) in [6, 6.07) is 19.1. The fourth-order valence-electron chi connectivity index (χ4n) is 3.51. The highest BCUT2D eigenvalue weighted by Crippen LogP contribution is 2.35. The van der Waals surface area contributed by atoms with Crippen LogP contribution in [-0.2, 0) is 4.79 Å². The van der Waals surface area contributed by atoms with Crippen molar-refractivity contribution in [2.45, 2.75) is 0 Å². The molecule has 0 saturated carbocycles. The summed E-state index contributed by atoms with van der Waals surface area (Å²) >= 11 is 0. The summed E-state index contributed by atoms with van der Waals surface area (Å²) in [4.78, 5) is 17.5. The second kappa shape index (κ2) is 7.40. The van der Waals surface area contributed by atoms with Gasteiger partial charge in [-0.2, -0.15) is 0 Å². The van der Waals surface area contributed by atoms with E-state index in [2.05, 4.69) is 10.3 Å². The first-order valence-corrected chi connectivity index (χ1v) is 9.57. The Morgan fingerprint density at radius 2 is 2.03 bits per heavy atom. The number of hydrogen-bond donors (Lipinski definition) is 1. The second-order valence-electron chi connectivity index (χ2n) is 6.96. The lowest BCUT2D eigenvalue weighted by atomic mass is 10.1. The molecule has 0 atom stereocenters. The molecule has 4 aromatic rings. The first kappa shape index (κ1) is 18.0. The molecule has 0 bridgehead atoms.